The van der Waals surface area contributed by atoms with Crippen LogP contribution in [0, 0.1) is 10.1 Å². The fourth-order valence-corrected chi connectivity index (χ4v) is 1.70. The van der Waals surface area contributed by atoms with Gasteiger partial charge in [0.05, 0.1) is 4.92 Å². The number of benzene rings is 1. The number of aromatic nitrogens is 1. The standard InChI is InChI=1S/C10H9N5O2/c11-14-13-4-3-7-6-12-10-2-1-8(15(16)17)5-9(7)10/h1-2,5-6,12H,3-4H2. The first-order valence-corrected chi connectivity index (χ1v) is 4.97. The molecule has 0 fully saturated rings. The Morgan fingerprint density at radius 1 is 1.53 bits per heavy atom. The third kappa shape index (κ3) is 2.19. The van der Waals surface area contributed by atoms with Crippen molar-refractivity contribution in [2.75, 3.05) is 6.54 Å². The van der Waals surface area contributed by atoms with Crippen LogP contribution in [-0.2, 0) is 6.42 Å². The largest absolute Gasteiger partial charge is 0.361 e. The van der Waals surface area contributed by atoms with E-state index in [1.54, 1.807) is 12.3 Å². The minimum Gasteiger partial charge on any atom is -0.361 e. The summed E-state index contributed by atoms with van der Waals surface area (Å²) in [5.74, 6) is 0. The number of non-ortho nitro benzene ring substituents is 1. The van der Waals surface area contributed by atoms with Gasteiger partial charge in [0.25, 0.3) is 5.69 Å². The molecule has 0 radical (unpaired) electrons. The highest BCUT2D eigenvalue weighted by molar-refractivity contribution is 5.85. The second-order valence-electron chi connectivity index (χ2n) is 3.51. The van der Waals surface area contributed by atoms with Gasteiger partial charge in [-0.25, -0.2) is 0 Å². The zero-order chi connectivity index (χ0) is 12.3. The van der Waals surface area contributed by atoms with Crippen molar-refractivity contribution < 1.29 is 4.92 Å². The zero-order valence-corrected chi connectivity index (χ0v) is 8.83. The summed E-state index contributed by atoms with van der Waals surface area (Å²) in [5, 5.41) is 14.9. The summed E-state index contributed by atoms with van der Waals surface area (Å²) in [6, 6.07) is 4.65. The van der Waals surface area contributed by atoms with Crippen molar-refractivity contribution in [3.8, 4) is 0 Å². The SMILES string of the molecule is [N-]=[N+]=NCCc1c[nH]c2ccc([N+](=O)[O-])cc12. The van der Waals surface area contributed by atoms with Gasteiger partial charge >= 0.3 is 0 Å². The fourth-order valence-electron chi connectivity index (χ4n) is 1.70. The molecule has 2 aromatic rings. The summed E-state index contributed by atoms with van der Waals surface area (Å²) in [7, 11) is 0. The van der Waals surface area contributed by atoms with Crippen LogP contribution in [-0.4, -0.2) is 16.5 Å². The number of nitro groups is 1. The van der Waals surface area contributed by atoms with Gasteiger partial charge in [0.15, 0.2) is 0 Å². The van der Waals surface area contributed by atoms with E-state index in [1.807, 2.05) is 0 Å². The monoisotopic (exact) mass is 231 g/mol. The highest BCUT2D eigenvalue weighted by Gasteiger charge is 2.09. The molecular weight excluding hydrogens is 222 g/mol. The van der Waals surface area contributed by atoms with Crippen LogP contribution in [0.3, 0.4) is 0 Å². The number of nitrogens with zero attached hydrogens (tertiary/aromatic N) is 4. The quantitative estimate of drug-likeness (QED) is 0.287. The van der Waals surface area contributed by atoms with Gasteiger partial charge in [-0.1, -0.05) is 5.11 Å². The molecule has 1 heterocycles. The van der Waals surface area contributed by atoms with E-state index in [1.165, 1.54) is 12.1 Å². The van der Waals surface area contributed by atoms with E-state index in [4.69, 9.17) is 5.53 Å². The number of hydrogen-bond donors (Lipinski definition) is 1. The molecule has 0 aliphatic heterocycles. The van der Waals surface area contributed by atoms with E-state index >= 15 is 0 Å². The molecule has 1 N–H and O–H groups in total. The highest BCUT2D eigenvalue weighted by Crippen LogP contribution is 2.23. The van der Waals surface area contributed by atoms with E-state index in [2.05, 4.69) is 15.0 Å². The summed E-state index contributed by atoms with van der Waals surface area (Å²) in [6.45, 7) is 0.339. The predicted molar refractivity (Wildman–Crippen MR) is 62.7 cm³/mol. The van der Waals surface area contributed by atoms with Crippen molar-refractivity contribution >= 4 is 16.6 Å². The van der Waals surface area contributed by atoms with Gasteiger partial charge in [0, 0.05) is 40.7 Å². The molecule has 0 bridgehead atoms. The predicted octanol–water partition coefficient (Wildman–Crippen LogP) is 2.93. The molecule has 17 heavy (non-hydrogen) atoms. The third-order valence-electron chi connectivity index (χ3n) is 2.51. The van der Waals surface area contributed by atoms with Gasteiger partial charge in [-0.05, 0) is 23.6 Å². The number of hydrogen-bond acceptors (Lipinski definition) is 3. The van der Waals surface area contributed by atoms with Crippen molar-refractivity contribution in [3.63, 3.8) is 0 Å². The van der Waals surface area contributed by atoms with Crippen LogP contribution < -0.4 is 0 Å². The molecule has 0 unspecified atom stereocenters. The lowest BCUT2D eigenvalue weighted by atomic mass is 10.1. The Morgan fingerprint density at radius 2 is 2.35 bits per heavy atom. The van der Waals surface area contributed by atoms with Gasteiger partial charge in [0.1, 0.15) is 0 Å². The molecule has 0 aliphatic rings. The van der Waals surface area contributed by atoms with Gasteiger partial charge in [0.2, 0.25) is 0 Å². The van der Waals surface area contributed by atoms with Crippen molar-refractivity contribution in [2.24, 2.45) is 5.11 Å². The summed E-state index contributed by atoms with van der Waals surface area (Å²) in [4.78, 5) is 15.9. The second-order valence-corrected chi connectivity index (χ2v) is 3.51. The topological polar surface area (TPSA) is 108 Å². The second kappa shape index (κ2) is 4.54. The maximum absolute atomic E-state index is 10.7. The number of azide groups is 1. The molecule has 1 aromatic heterocycles. The Morgan fingerprint density at radius 3 is 3.06 bits per heavy atom. The Labute approximate surface area is 95.8 Å². The molecule has 7 nitrogen and oxygen atoms in total. The maximum atomic E-state index is 10.7. The molecule has 0 saturated carbocycles. The molecule has 0 amide bonds. The average molecular weight is 231 g/mol. The Balaban J connectivity index is 2.39. The number of H-pyrrole nitrogens is 1. The van der Waals surface area contributed by atoms with Crippen LogP contribution in [0.25, 0.3) is 21.3 Å². The number of aromatic amines is 1. The molecule has 0 spiro atoms. The minimum atomic E-state index is -0.427. The maximum Gasteiger partial charge on any atom is 0.270 e. The summed E-state index contributed by atoms with van der Waals surface area (Å²) >= 11 is 0. The zero-order valence-electron chi connectivity index (χ0n) is 8.83. The highest BCUT2D eigenvalue weighted by atomic mass is 16.6. The van der Waals surface area contributed by atoms with Crippen molar-refractivity contribution in [2.45, 2.75) is 6.42 Å². The Hall–Kier alpha value is -2.53. The Bertz CT molecular complexity index is 612. The average Bonchev–Trinajstić information content (AvgIpc) is 2.72. The number of nitrogens with one attached hydrogen (secondary N) is 1. The summed E-state index contributed by atoms with van der Waals surface area (Å²) in [6.07, 6.45) is 2.34. The van der Waals surface area contributed by atoms with E-state index in [0.29, 0.717) is 13.0 Å². The van der Waals surface area contributed by atoms with Crippen LogP contribution in [0.5, 0.6) is 0 Å². The van der Waals surface area contributed by atoms with Gasteiger partial charge < -0.3 is 4.98 Å². The fraction of sp³-hybridized carbons (Fsp3) is 0.200. The van der Waals surface area contributed by atoms with Crippen LogP contribution in [0.2, 0.25) is 0 Å². The number of fused-ring (bicyclic) bond motifs is 1. The van der Waals surface area contributed by atoms with E-state index in [0.717, 1.165) is 16.5 Å². The van der Waals surface area contributed by atoms with Crippen molar-refractivity contribution in [1.29, 1.82) is 0 Å². The third-order valence-corrected chi connectivity index (χ3v) is 2.51. The lowest BCUT2D eigenvalue weighted by molar-refractivity contribution is -0.384. The van der Waals surface area contributed by atoms with E-state index in [-0.39, 0.29) is 5.69 Å². The molecular formula is C10H9N5O2. The number of nitro benzene ring substituents is 1. The normalized spacial score (nSPS) is 10.1. The van der Waals surface area contributed by atoms with Crippen LogP contribution in [0.15, 0.2) is 29.5 Å². The van der Waals surface area contributed by atoms with E-state index < -0.39 is 4.92 Å². The minimum absolute atomic E-state index is 0.0575. The first-order chi connectivity index (χ1) is 8.22. The van der Waals surface area contributed by atoms with Crippen LogP contribution >= 0.6 is 0 Å². The van der Waals surface area contributed by atoms with Gasteiger partial charge in [-0.2, -0.15) is 0 Å². The lowest BCUT2D eigenvalue weighted by Gasteiger charge is -1.96. The molecule has 86 valence electrons. The van der Waals surface area contributed by atoms with Crippen LogP contribution in [0.4, 0.5) is 5.69 Å². The summed E-state index contributed by atoms with van der Waals surface area (Å²) in [5.41, 5.74) is 10.00. The first-order valence-electron chi connectivity index (χ1n) is 4.97. The summed E-state index contributed by atoms with van der Waals surface area (Å²) < 4.78 is 0. The molecule has 2 rings (SSSR count). The van der Waals surface area contributed by atoms with Crippen molar-refractivity contribution in [1.82, 2.24) is 4.98 Å². The molecule has 0 saturated heterocycles. The Kier molecular flexibility index (Phi) is 2.93. The van der Waals surface area contributed by atoms with Crippen LogP contribution in [0.1, 0.15) is 5.56 Å². The first kappa shape index (κ1) is 11.0. The molecule has 1 aromatic carbocycles. The lowest BCUT2D eigenvalue weighted by Crippen LogP contribution is -1.89. The molecule has 0 atom stereocenters. The van der Waals surface area contributed by atoms with Crippen molar-refractivity contribution in [3.05, 3.63) is 50.5 Å². The molecule has 7 heteroatoms. The number of rotatable bonds is 4. The molecule has 0 aliphatic carbocycles. The van der Waals surface area contributed by atoms with Gasteiger partial charge in [-0.15, -0.1) is 0 Å². The van der Waals surface area contributed by atoms with E-state index in [9.17, 15) is 10.1 Å². The smallest absolute Gasteiger partial charge is 0.270 e. The van der Waals surface area contributed by atoms with Gasteiger partial charge in [-0.3, -0.25) is 10.1 Å².